The van der Waals surface area contributed by atoms with Crippen LogP contribution in [0, 0.1) is 0 Å². The maximum absolute atomic E-state index is 4.19. The lowest BCUT2D eigenvalue weighted by molar-refractivity contribution is 1.22. The lowest BCUT2D eigenvalue weighted by Gasteiger charge is -1.95. The van der Waals surface area contributed by atoms with E-state index in [1.54, 1.807) is 6.33 Å². The highest BCUT2D eigenvalue weighted by Gasteiger charge is 1.98. The molecular formula is C10H7N3. The quantitative estimate of drug-likeness (QED) is 0.560. The Bertz CT molecular complexity index is 519. The zero-order valence-corrected chi connectivity index (χ0v) is 6.86. The lowest BCUT2D eigenvalue weighted by atomic mass is 10.2. The molecule has 0 saturated carbocycles. The fraction of sp³-hybridized carbons (Fsp3) is 0. The molecular weight excluding hydrogens is 162 g/mol. The van der Waals surface area contributed by atoms with Crippen LogP contribution in [0.3, 0.4) is 0 Å². The van der Waals surface area contributed by atoms with Crippen molar-refractivity contribution in [3.63, 3.8) is 0 Å². The van der Waals surface area contributed by atoms with Gasteiger partial charge >= 0.3 is 0 Å². The first kappa shape index (κ1) is 6.60. The van der Waals surface area contributed by atoms with E-state index < -0.39 is 0 Å². The third-order valence-corrected chi connectivity index (χ3v) is 2.18. The number of nitrogens with zero attached hydrogens (tertiary/aromatic N) is 2. The van der Waals surface area contributed by atoms with Gasteiger partial charge in [0.2, 0.25) is 0 Å². The van der Waals surface area contributed by atoms with Gasteiger partial charge in [0.15, 0.2) is 0 Å². The molecule has 0 aliphatic heterocycles. The summed E-state index contributed by atoms with van der Waals surface area (Å²) in [5.74, 6) is 0. The summed E-state index contributed by atoms with van der Waals surface area (Å²) in [4.78, 5) is 11.3. The maximum atomic E-state index is 4.19. The van der Waals surface area contributed by atoms with Crippen LogP contribution in [0.15, 0.2) is 36.9 Å². The number of nitrogens with one attached hydrogen (secondary N) is 1. The van der Waals surface area contributed by atoms with Gasteiger partial charge < -0.3 is 4.98 Å². The van der Waals surface area contributed by atoms with Crippen LogP contribution in [0.2, 0.25) is 0 Å². The monoisotopic (exact) mass is 169 g/mol. The zero-order valence-electron chi connectivity index (χ0n) is 6.86. The smallest absolute Gasteiger partial charge is 0.116 e. The van der Waals surface area contributed by atoms with Crippen LogP contribution in [-0.2, 0) is 0 Å². The average molecular weight is 169 g/mol. The minimum atomic E-state index is 0.988. The third kappa shape index (κ3) is 0.902. The number of aromatic amines is 1. The van der Waals surface area contributed by atoms with Crippen LogP contribution < -0.4 is 0 Å². The van der Waals surface area contributed by atoms with E-state index in [1.165, 1.54) is 5.39 Å². The van der Waals surface area contributed by atoms with Crippen molar-refractivity contribution in [2.45, 2.75) is 0 Å². The van der Waals surface area contributed by atoms with Crippen molar-refractivity contribution >= 4 is 21.8 Å². The van der Waals surface area contributed by atoms with E-state index >= 15 is 0 Å². The molecule has 0 amide bonds. The molecule has 1 aromatic carbocycles. The van der Waals surface area contributed by atoms with Crippen LogP contribution in [0.5, 0.6) is 0 Å². The molecule has 1 N–H and O–H groups in total. The predicted molar refractivity (Wildman–Crippen MR) is 51.4 cm³/mol. The summed E-state index contributed by atoms with van der Waals surface area (Å²) in [5, 5.41) is 2.25. The topological polar surface area (TPSA) is 41.6 Å². The molecule has 3 nitrogen and oxygen atoms in total. The molecule has 0 bridgehead atoms. The lowest BCUT2D eigenvalue weighted by Crippen LogP contribution is -1.80. The molecule has 0 fully saturated rings. The Morgan fingerprint density at radius 3 is 3.15 bits per heavy atom. The summed E-state index contributed by atoms with van der Waals surface area (Å²) in [6.07, 6.45) is 5.32. The van der Waals surface area contributed by atoms with Crippen molar-refractivity contribution in [3.8, 4) is 0 Å². The van der Waals surface area contributed by atoms with Crippen molar-refractivity contribution in [3.05, 3.63) is 36.9 Å². The van der Waals surface area contributed by atoms with E-state index in [9.17, 15) is 0 Å². The van der Waals surface area contributed by atoms with E-state index in [2.05, 4.69) is 27.1 Å². The van der Waals surface area contributed by atoms with E-state index in [0.717, 1.165) is 16.4 Å². The van der Waals surface area contributed by atoms with Crippen LogP contribution >= 0.6 is 0 Å². The van der Waals surface area contributed by atoms with Gasteiger partial charge in [-0.2, -0.15) is 0 Å². The Kier molecular flexibility index (Phi) is 1.16. The number of hydrogen-bond donors (Lipinski definition) is 1. The molecule has 13 heavy (non-hydrogen) atoms. The zero-order chi connectivity index (χ0) is 8.67. The highest BCUT2D eigenvalue weighted by atomic mass is 14.8. The number of benzene rings is 1. The molecule has 0 saturated heterocycles. The highest BCUT2D eigenvalue weighted by molar-refractivity contribution is 5.94. The molecule has 0 unspecified atom stereocenters. The Labute approximate surface area is 74.4 Å². The highest BCUT2D eigenvalue weighted by Crippen LogP contribution is 2.18. The number of rotatable bonds is 0. The van der Waals surface area contributed by atoms with E-state index in [0.29, 0.717) is 0 Å². The van der Waals surface area contributed by atoms with Gasteiger partial charge in [-0.05, 0) is 18.2 Å². The van der Waals surface area contributed by atoms with E-state index in [-0.39, 0.29) is 0 Å². The molecule has 0 aliphatic carbocycles. The Balaban J connectivity index is 2.57. The second-order valence-electron chi connectivity index (χ2n) is 3.00. The number of hydrogen-bond acceptors (Lipinski definition) is 2. The van der Waals surface area contributed by atoms with Gasteiger partial charge in [0, 0.05) is 28.7 Å². The van der Waals surface area contributed by atoms with Gasteiger partial charge in [-0.1, -0.05) is 0 Å². The normalized spacial score (nSPS) is 11.1. The molecule has 0 atom stereocenters. The standard InChI is InChI=1S/C10H7N3/c1-2-12-9-4-8-5-11-6-13-10(8)3-7(1)9/h1-6,12H. The minimum absolute atomic E-state index is 0.988. The molecule has 0 aliphatic rings. The van der Waals surface area contributed by atoms with Gasteiger partial charge in [-0.25, -0.2) is 9.97 Å². The largest absolute Gasteiger partial charge is 0.361 e. The maximum Gasteiger partial charge on any atom is 0.116 e. The third-order valence-electron chi connectivity index (χ3n) is 2.18. The molecule has 2 heterocycles. The first-order chi connectivity index (χ1) is 6.43. The van der Waals surface area contributed by atoms with Crippen molar-refractivity contribution < 1.29 is 0 Å². The fourth-order valence-electron chi connectivity index (χ4n) is 1.53. The molecule has 0 spiro atoms. The van der Waals surface area contributed by atoms with Gasteiger partial charge in [0.05, 0.1) is 5.52 Å². The first-order valence-electron chi connectivity index (χ1n) is 4.10. The molecule has 3 aromatic rings. The van der Waals surface area contributed by atoms with Crippen molar-refractivity contribution in [1.82, 2.24) is 15.0 Å². The van der Waals surface area contributed by atoms with E-state index in [1.807, 2.05) is 18.5 Å². The molecule has 0 radical (unpaired) electrons. The molecule has 2 aromatic heterocycles. The number of aromatic nitrogens is 3. The van der Waals surface area contributed by atoms with Gasteiger partial charge in [-0.15, -0.1) is 0 Å². The van der Waals surface area contributed by atoms with Gasteiger partial charge in [-0.3, -0.25) is 0 Å². The Morgan fingerprint density at radius 2 is 2.15 bits per heavy atom. The number of H-pyrrole nitrogens is 1. The SMILES string of the molecule is c1ncc2cc3[nH]ccc3cc2n1. The summed E-state index contributed by atoms with van der Waals surface area (Å²) >= 11 is 0. The van der Waals surface area contributed by atoms with Crippen molar-refractivity contribution in [2.75, 3.05) is 0 Å². The van der Waals surface area contributed by atoms with Crippen LogP contribution in [-0.4, -0.2) is 15.0 Å². The summed E-state index contributed by atoms with van der Waals surface area (Å²) in [7, 11) is 0. The van der Waals surface area contributed by atoms with Crippen molar-refractivity contribution in [2.24, 2.45) is 0 Å². The van der Waals surface area contributed by atoms with Crippen LogP contribution in [0.1, 0.15) is 0 Å². The van der Waals surface area contributed by atoms with Gasteiger partial charge in [0.25, 0.3) is 0 Å². The minimum Gasteiger partial charge on any atom is -0.361 e. The molecule has 62 valence electrons. The summed E-state index contributed by atoms with van der Waals surface area (Å²) in [6.45, 7) is 0. The summed E-state index contributed by atoms with van der Waals surface area (Å²) < 4.78 is 0. The summed E-state index contributed by atoms with van der Waals surface area (Å²) in [6, 6.07) is 6.16. The van der Waals surface area contributed by atoms with Crippen LogP contribution in [0.4, 0.5) is 0 Å². The summed E-state index contributed by atoms with van der Waals surface area (Å²) in [5.41, 5.74) is 2.12. The van der Waals surface area contributed by atoms with Crippen molar-refractivity contribution in [1.29, 1.82) is 0 Å². The Morgan fingerprint density at radius 1 is 1.15 bits per heavy atom. The second-order valence-corrected chi connectivity index (χ2v) is 3.00. The molecule has 3 rings (SSSR count). The van der Waals surface area contributed by atoms with Crippen LogP contribution in [0.25, 0.3) is 21.8 Å². The van der Waals surface area contributed by atoms with Gasteiger partial charge in [0.1, 0.15) is 6.33 Å². The Hall–Kier alpha value is -1.90. The molecule has 3 heteroatoms. The first-order valence-corrected chi connectivity index (χ1v) is 4.10. The fourth-order valence-corrected chi connectivity index (χ4v) is 1.53. The second kappa shape index (κ2) is 2.29. The van der Waals surface area contributed by atoms with E-state index in [4.69, 9.17) is 0 Å². The number of fused-ring (bicyclic) bond motifs is 2. The average Bonchev–Trinajstić information content (AvgIpc) is 2.61. The predicted octanol–water partition coefficient (Wildman–Crippen LogP) is 2.11.